The molecular weight excluding hydrogens is 316 g/mol. The molecule has 0 spiro atoms. The number of methoxy groups -OCH3 is 1. The van der Waals surface area contributed by atoms with Gasteiger partial charge in [0, 0.05) is 22.6 Å². The van der Waals surface area contributed by atoms with Gasteiger partial charge in [0.1, 0.15) is 5.75 Å². The first-order valence-corrected chi connectivity index (χ1v) is 8.29. The van der Waals surface area contributed by atoms with Crippen molar-refractivity contribution < 1.29 is 4.74 Å². The molecule has 0 amide bonds. The molecule has 1 heterocycles. The summed E-state index contributed by atoms with van der Waals surface area (Å²) in [6, 6.07) is 7.07. The second kappa shape index (κ2) is 7.43. The first-order valence-electron chi connectivity index (χ1n) is 7.50. The molecule has 20 heavy (non-hydrogen) atoms. The highest BCUT2D eigenvalue weighted by molar-refractivity contribution is 9.10. The van der Waals surface area contributed by atoms with E-state index in [1.165, 1.54) is 31.2 Å². The highest BCUT2D eigenvalue weighted by Crippen LogP contribution is 2.35. The second-order valence-electron chi connectivity index (χ2n) is 5.43. The molecule has 0 aliphatic carbocycles. The van der Waals surface area contributed by atoms with Crippen LogP contribution in [0, 0.1) is 0 Å². The van der Waals surface area contributed by atoms with Crippen LogP contribution < -0.4 is 10.5 Å². The van der Waals surface area contributed by atoms with Crippen molar-refractivity contribution in [3.8, 4) is 5.75 Å². The third kappa shape index (κ3) is 3.35. The molecule has 0 aromatic heterocycles. The molecular formula is C16H25BrN2O. The molecule has 3 nitrogen and oxygen atoms in total. The molecule has 1 aromatic carbocycles. The predicted octanol–water partition coefficient (Wildman–Crippen LogP) is 3.72. The van der Waals surface area contributed by atoms with E-state index in [9.17, 15) is 0 Å². The van der Waals surface area contributed by atoms with Crippen LogP contribution in [0.3, 0.4) is 0 Å². The van der Waals surface area contributed by atoms with Gasteiger partial charge in [0.2, 0.25) is 0 Å². The monoisotopic (exact) mass is 340 g/mol. The maximum absolute atomic E-state index is 6.11. The zero-order valence-electron chi connectivity index (χ0n) is 12.4. The largest absolute Gasteiger partial charge is 0.496 e. The molecule has 1 saturated heterocycles. The van der Waals surface area contributed by atoms with Gasteiger partial charge in [-0.1, -0.05) is 29.3 Å². The van der Waals surface area contributed by atoms with Gasteiger partial charge in [-0.05, 0) is 44.0 Å². The summed E-state index contributed by atoms with van der Waals surface area (Å²) in [6.07, 6.45) is 5.07. The fourth-order valence-corrected chi connectivity index (χ4v) is 3.66. The number of benzene rings is 1. The number of nitrogens with zero attached hydrogens (tertiary/aromatic N) is 1. The number of likely N-dealkylation sites (tertiary alicyclic amines) is 1. The molecule has 0 saturated carbocycles. The molecule has 2 unspecified atom stereocenters. The summed E-state index contributed by atoms with van der Waals surface area (Å²) in [7, 11) is 1.73. The van der Waals surface area contributed by atoms with Crippen molar-refractivity contribution in [1.82, 2.24) is 4.90 Å². The summed E-state index contributed by atoms with van der Waals surface area (Å²) < 4.78 is 6.62. The molecule has 1 aliphatic heterocycles. The van der Waals surface area contributed by atoms with E-state index in [1.807, 2.05) is 12.1 Å². The van der Waals surface area contributed by atoms with E-state index in [0.29, 0.717) is 12.6 Å². The Morgan fingerprint density at radius 3 is 2.90 bits per heavy atom. The van der Waals surface area contributed by atoms with Gasteiger partial charge in [0.15, 0.2) is 0 Å². The van der Waals surface area contributed by atoms with Gasteiger partial charge in [0.05, 0.1) is 13.2 Å². The van der Waals surface area contributed by atoms with E-state index in [0.717, 1.165) is 16.8 Å². The smallest absolute Gasteiger partial charge is 0.123 e. The predicted molar refractivity (Wildman–Crippen MR) is 87.1 cm³/mol. The Balaban J connectivity index is 2.33. The lowest BCUT2D eigenvalue weighted by Crippen LogP contribution is -2.44. The summed E-state index contributed by atoms with van der Waals surface area (Å²) in [5.41, 5.74) is 7.31. The average molecular weight is 341 g/mol. The number of nitrogens with two attached hydrogens (primary N) is 1. The van der Waals surface area contributed by atoms with Crippen LogP contribution in [0.2, 0.25) is 0 Å². The zero-order chi connectivity index (χ0) is 14.5. The van der Waals surface area contributed by atoms with Crippen LogP contribution in [0.1, 0.15) is 44.2 Å². The lowest BCUT2D eigenvalue weighted by atomic mass is 9.94. The number of hydrogen-bond donors (Lipinski definition) is 1. The molecule has 1 fully saturated rings. The molecule has 2 atom stereocenters. The summed E-state index contributed by atoms with van der Waals surface area (Å²) in [6.45, 7) is 4.04. The number of ether oxygens (including phenoxy) is 1. The SMILES string of the molecule is CCC1CCCCN1C(CN)c1cc(Br)ccc1OC. The minimum absolute atomic E-state index is 0.243. The Bertz CT molecular complexity index is 438. The Morgan fingerprint density at radius 1 is 1.45 bits per heavy atom. The Kier molecular flexibility index (Phi) is 5.87. The summed E-state index contributed by atoms with van der Waals surface area (Å²) in [4.78, 5) is 2.58. The van der Waals surface area contributed by atoms with Crippen molar-refractivity contribution >= 4 is 15.9 Å². The Labute approximate surface area is 130 Å². The van der Waals surface area contributed by atoms with Crippen molar-refractivity contribution in [2.45, 2.75) is 44.7 Å². The number of piperidine rings is 1. The van der Waals surface area contributed by atoms with Crippen molar-refractivity contribution in [3.63, 3.8) is 0 Å². The van der Waals surface area contributed by atoms with Crippen LogP contribution in [0.15, 0.2) is 22.7 Å². The summed E-state index contributed by atoms with van der Waals surface area (Å²) in [5.74, 6) is 0.934. The van der Waals surface area contributed by atoms with Crippen molar-refractivity contribution in [3.05, 3.63) is 28.2 Å². The van der Waals surface area contributed by atoms with Crippen LogP contribution in [0.25, 0.3) is 0 Å². The quantitative estimate of drug-likeness (QED) is 0.887. The van der Waals surface area contributed by atoms with Crippen molar-refractivity contribution in [2.75, 3.05) is 20.2 Å². The maximum Gasteiger partial charge on any atom is 0.123 e. The normalized spacial score (nSPS) is 21.7. The fraction of sp³-hybridized carbons (Fsp3) is 0.625. The minimum Gasteiger partial charge on any atom is -0.496 e. The van der Waals surface area contributed by atoms with Crippen molar-refractivity contribution in [1.29, 1.82) is 0 Å². The molecule has 1 aromatic rings. The number of halogens is 1. The number of rotatable bonds is 5. The second-order valence-corrected chi connectivity index (χ2v) is 6.35. The zero-order valence-corrected chi connectivity index (χ0v) is 14.0. The van der Waals surface area contributed by atoms with Gasteiger partial charge in [0.25, 0.3) is 0 Å². The van der Waals surface area contributed by atoms with E-state index in [1.54, 1.807) is 7.11 Å². The standard InChI is InChI=1S/C16H25BrN2O/c1-3-13-6-4-5-9-19(13)15(11-18)14-10-12(17)7-8-16(14)20-2/h7-8,10,13,15H,3-6,9,11,18H2,1-2H3. The molecule has 2 N–H and O–H groups in total. The lowest BCUT2D eigenvalue weighted by Gasteiger charge is -2.41. The molecule has 112 valence electrons. The molecule has 1 aliphatic rings. The molecule has 4 heteroatoms. The van der Waals surface area contributed by atoms with Gasteiger partial charge < -0.3 is 10.5 Å². The molecule has 0 radical (unpaired) electrons. The van der Waals surface area contributed by atoms with Crippen molar-refractivity contribution in [2.24, 2.45) is 5.73 Å². The summed E-state index contributed by atoms with van der Waals surface area (Å²) >= 11 is 3.56. The average Bonchev–Trinajstić information content (AvgIpc) is 2.49. The van der Waals surface area contributed by atoms with Crippen LogP contribution in [0.4, 0.5) is 0 Å². The van der Waals surface area contributed by atoms with E-state index < -0.39 is 0 Å². The minimum atomic E-state index is 0.243. The van der Waals surface area contributed by atoms with E-state index in [2.05, 4.69) is 33.8 Å². The topological polar surface area (TPSA) is 38.5 Å². The first-order chi connectivity index (χ1) is 9.71. The fourth-order valence-electron chi connectivity index (χ4n) is 3.28. The van der Waals surface area contributed by atoms with Crippen LogP contribution >= 0.6 is 15.9 Å². The highest BCUT2D eigenvalue weighted by atomic mass is 79.9. The molecule has 2 rings (SSSR count). The molecule has 0 bridgehead atoms. The van der Waals surface area contributed by atoms with E-state index in [4.69, 9.17) is 10.5 Å². The van der Waals surface area contributed by atoms with E-state index >= 15 is 0 Å². The van der Waals surface area contributed by atoms with Gasteiger partial charge in [-0.15, -0.1) is 0 Å². The van der Waals surface area contributed by atoms with Crippen LogP contribution in [-0.2, 0) is 0 Å². The first kappa shape index (κ1) is 15.8. The van der Waals surface area contributed by atoms with Crippen LogP contribution in [-0.4, -0.2) is 31.1 Å². The lowest BCUT2D eigenvalue weighted by molar-refractivity contribution is 0.0935. The maximum atomic E-state index is 6.11. The summed E-state index contributed by atoms with van der Waals surface area (Å²) in [5, 5.41) is 0. The third-order valence-electron chi connectivity index (χ3n) is 4.32. The highest BCUT2D eigenvalue weighted by Gasteiger charge is 2.29. The number of hydrogen-bond acceptors (Lipinski definition) is 3. The van der Waals surface area contributed by atoms with Gasteiger partial charge >= 0.3 is 0 Å². The Morgan fingerprint density at radius 2 is 2.25 bits per heavy atom. The van der Waals surface area contributed by atoms with Gasteiger partial charge in [-0.2, -0.15) is 0 Å². The van der Waals surface area contributed by atoms with Gasteiger partial charge in [-0.25, -0.2) is 0 Å². The van der Waals surface area contributed by atoms with Crippen LogP contribution in [0.5, 0.6) is 5.75 Å². The van der Waals surface area contributed by atoms with Gasteiger partial charge in [-0.3, -0.25) is 4.90 Å². The van der Waals surface area contributed by atoms with E-state index in [-0.39, 0.29) is 6.04 Å². The third-order valence-corrected chi connectivity index (χ3v) is 4.81. The Hall–Kier alpha value is -0.580.